The summed E-state index contributed by atoms with van der Waals surface area (Å²) < 4.78 is 4.98. The minimum absolute atomic E-state index is 0.0762. The summed E-state index contributed by atoms with van der Waals surface area (Å²) in [6, 6.07) is 13.3. The number of amides is 1. The van der Waals surface area contributed by atoms with Crippen LogP contribution in [-0.2, 0) is 4.79 Å². The maximum Gasteiger partial charge on any atom is 0.243 e. The van der Waals surface area contributed by atoms with Crippen LogP contribution in [0.15, 0.2) is 48.7 Å². The van der Waals surface area contributed by atoms with Gasteiger partial charge in [0.1, 0.15) is 0 Å². The van der Waals surface area contributed by atoms with Crippen molar-refractivity contribution in [2.24, 2.45) is 0 Å². The predicted molar refractivity (Wildman–Crippen MR) is 83.7 cm³/mol. The largest absolute Gasteiger partial charge is 0.481 e. The molecule has 0 atom stereocenters. The van der Waals surface area contributed by atoms with Crippen LogP contribution in [0.1, 0.15) is 6.92 Å². The minimum Gasteiger partial charge on any atom is -0.481 e. The third kappa shape index (κ3) is 4.21. The first-order chi connectivity index (χ1) is 10.2. The molecule has 0 fully saturated rings. The Balaban J connectivity index is 1.96. The zero-order chi connectivity index (χ0) is 15.1. The van der Waals surface area contributed by atoms with Crippen LogP contribution in [-0.4, -0.2) is 31.1 Å². The fraction of sp³-hybridized carbons (Fsp3) is 0.250. The molecule has 1 aromatic heterocycles. The van der Waals surface area contributed by atoms with E-state index in [0.29, 0.717) is 18.1 Å². The van der Waals surface area contributed by atoms with Crippen molar-refractivity contribution in [3.05, 3.63) is 48.7 Å². The molecule has 1 aromatic carbocycles. The van der Waals surface area contributed by atoms with Gasteiger partial charge in [0.2, 0.25) is 11.8 Å². The summed E-state index contributed by atoms with van der Waals surface area (Å²) >= 11 is 0. The number of likely N-dealkylation sites (N-methyl/N-ethyl adjacent to an activating group) is 1. The van der Waals surface area contributed by atoms with Crippen molar-refractivity contribution in [3.63, 3.8) is 0 Å². The highest BCUT2D eigenvalue weighted by molar-refractivity contribution is 5.93. The SMILES string of the molecule is CCN(CC(=O)Nc1ccc(OC)nc1)c1ccccc1. The number of methoxy groups -OCH3 is 1. The number of para-hydroxylation sites is 1. The molecule has 0 saturated heterocycles. The number of nitrogens with one attached hydrogen (secondary N) is 1. The molecule has 110 valence electrons. The average Bonchev–Trinajstić information content (AvgIpc) is 2.54. The number of ether oxygens (including phenoxy) is 1. The number of nitrogens with zero attached hydrogens (tertiary/aromatic N) is 2. The van der Waals surface area contributed by atoms with E-state index >= 15 is 0 Å². The summed E-state index contributed by atoms with van der Waals surface area (Å²) in [5.74, 6) is 0.445. The van der Waals surface area contributed by atoms with E-state index in [2.05, 4.69) is 10.3 Å². The zero-order valence-electron chi connectivity index (χ0n) is 12.2. The van der Waals surface area contributed by atoms with E-state index in [1.165, 1.54) is 0 Å². The van der Waals surface area contributed by atoms with Crippen LogP contribution in [0.2, 0.25) is 0 Å². The quantitative estimate of drug-likeness (QED) is 0.886. The van der Waals surface area contributed by atoms with Crippen molar-refractivity contribution >= 4 is 17.3 Å². The molecule has 0 bridgehead atoms. The lowest BCUT2D eigenvalue weighted by Crippen LogP contribution is -2.33. The Bertz CT molecular complexity index is 570. The second-order valence-corrected chi connectivity index (χ2v) is 4.49. The van der Waals surface area contributed by atoms with Crippen LogP contribution >= 0.6 is 0 Å². The van der Waals surface area contributed by atoms with Crippen molar-refractivity contribution in [3.8, 4) is 5.88 Å². The van der Waals surface area contributed by atoms with E-state index in [9.17, 15) is 4.79 Å². The van der Waals surface area contributed by atoms with E-state index in [1.54, 1.807) is 25.4 Å². The molecule has 21 heavy (non-hydrogen) atoms. The third-order valence-electron chi connectivity index (χ3n) is 3.07. The smallest absolute Gasteiger partial charge is 0.243 e. The van der Waals surface area contributed by atoms with Crippen molar-refractivity contribution in [2.45, 2.75) is 6.92 Å². The standard InChI is InChI=1S/C16H19N3O2/c1-3-19(14-7-5-4-6-8-14)12-15(20)18-13-9-10-16(21-2)17-11-13/h4-11H,3,12H2,1-2H3,(H,18,20). The lowest BCUT2D eigenvalue weighted by atomic mass is 10.3. The Morgan fingerprint density at radius 3 is 2.57 bits per heavy atom. The summed E-state index contributed by atoms with van der Waals surface area (Å²) in [5, 5.41) is 2.83. The van der Waals surface area contributed by atoms with Gasteiger partial charge < -0.3 is 15.0 Å². The van der Waals surface area contributed by atoms with E-state index in [-0.39, 0.29) is 5.91 Å². The van der Waals surface area contributed by atoms with Crippen molar-refractivity contribution in [2.75, 3.05) is 30.4 Å². The number of aromatic nitrogens is 1. The van der Waals surface area contributed by atoms with Gasteiger partial charge in [0, 0.05) is 18.3 Å². The summed E-state index contributed by atoms with van der Waals surface area (Å²) in [7, 11) is 1.56. The zero-order valence-corrected chi connectivity index (χ0v) is 12.2. The van der Waals surface area contributed by atoms with Gasteiger partial charge in [-0.3, -0.25) is 4.79 Å². The molecule has 5 nitrogen and oxygen atoms in total. The van der Waals surface area contributed by atoms with Crippen LogP contribution in [0.4, 0.5) is 11.4 Å². The van der Waals surface area contributed by atoms with E-state index in [4.69, 9.17) is 4.74 Å². The van der Waals surface area contributed by atoms with Gasteiger partial charge in [-0.25, -0.2) is 4.98 Å². The molecular weight excluding hydrogens is 266 g/mol. The van der Waals surface area contributed by atoms with Crippen LogP contribution in [0.5, 0.6) is 5.88 Å². The Hall–Kier alpha value is -2.56. The van der Waals surface area contributed by atoms with Crippen molar-refractivity contribution in [1.29, 1.82) is 0 Å². The average molecular weight is 285 g/mol. The number of hydrogen-bond acceptors (Lipinski definition) is 4. The third-order valence-corrected chi connectivity index (χ3v) is 3.07. The van der Waals surface area contributed by atoms with Gasteiger partial charge in [0.15, 0.2) is 0 Å². The topological polar surface area (TPSA) is 54.5 Å². The Morgan fingerprint density at radius 2 is 2.00 bits per heavy atom. The number of carbonyl (C=O) groups excluding carboxylic acids is 1. The highest BCUT2D eigenvalue weighted by Crippen LogP contribution is 2.14. The summed E-state index contributed by atoms with van der Waals surface area (Å²) in [4.78, 5) is 18.2. The van der Waals surface area contributed by atoms with Crippen LogP contribution in [0, 0.1) is 0 Å². The maximum atomic E-state index is 12.1. The minimum atomic E-state index is -0.0762. The van der Waals surface area contributed by atoms with Crippen LogP contribution in [0.25, 0.3) is 0 Å². The Morgan fingerprint density at radius 1 is 1.24 bits per heavy atom. The summed E-state index contributed by atoms with van der Waals surface area (Å²) in [6.45, 7) is 3.08. The van der Waals surface area contributed by atoms with Gasteiger partial charge in [-0.2, -0.15) is 0 Å². The number of hydrogen-bond donors (Lipinski definition) is 1. The lowest BCUT2D eigenvalue weighted by Gasteiger charge is -2.22. The molecule has 0 aliphatic carbocycles. The van der Waals surface area contributed by atoms with Gasteiger partial charge >= 0.3 is 0 Å². The van der Waals surface area contributed by atoms with Gasteiger partial charge in [-0.15, -0.1) is 0 Å². The number of pyridine rings is 1. The molecular formula is C16H19N3O2. The molecule has 1 amide bonds. The molecule has 1 N–H and O–H groups in total. The first kappa shape index (κ1) is 14.8. The van der Waals surface area contributed by atoms with E-state index < -0.39 is 0 Å². The Kier molecular flexibility index (Phi) is 5.15. The first-order valence-electron chi connectivity index (χ1n) is 6.83. The first-order valence-corrected chi connectivity index (χ1v) is 6.83. The van der Waals surface area contributed by atoms with Crippen LogP contribution < -0.4 is 15.0 Å². The number of rotatable bonds is 6. The number of benzene rings is 1. The molecule has 0 radical (unpaired) electrons. The van der Waals surface area contributed by atoms with Crippen molar-refractivity contribution < 1.29 is 9.53 Å². The molecule has 2 rings (SSSR count). The molecule has 2 aromatic rings. The predicted octanol–water partition coefficient (Wildman–Crippen LogP) is 2.56. The van der Waals surface area contributed by atoms with Crippen LogP contribution in [0.3, 0.4) is 0 Å². The summed E-state index contributed by atoms with van der Waals surface area (Å²) in [5.41, 5.74) is 1.69. The van der Waals surface area contributed by atoms with E-state index in [0.717, 1.165) is 12.2 Å². The maximum absolute atomic E-state index is 12.1. The van der Waals surface area contributed by atoms with Gasteiger partial charge in [0.05, 0.1) is 25.5 Å². The highest BCUT2D eigenvalue weighted by Gasteiger charge is 2.10. The Labute approximate surface area is 124 Å². The van der Waals surface area contributed by atoms with Crippen molar-refractivity contribution in [1.82, 2.24) is 4.98 Å². The molecule has 0 aliphatic heterocycles. The van der Waals surface area contributed by atoms with Gasteiger partial charge in [0.25, 0.3) is 0 Å². The molecule has 0 unspecified atom stereocenters. The molecule has 1 heterocycles. The fourth-order valence-corrected chi connectivity index (χ4v) is 1.97. The molecule has 0 aliphatic rings. The van der Waals surface area contributed by atoms with E-state index in [1.807, 2.05) is 42.2 Å². The lowest BCUT2D eigenvalue weighted by molar-refractivity contribution is -0.115. The molecule has 0 spiro atoms. The molecule has 0 saturated carbocycles. The number of anilines is 2. The highest BCUT2D eigenvalue weighted by atomic mass is 16.5. The normalized spacial score (nSPS) is 10.0. The summed E-state index contributed by atoms with van der Waals surface area (Å²) in [6.07, 6.45) is 1.58. The monoisotopic (exact) mass is 285 g/mol. The van der Waals surface area contributed by atoms with Gasteiger partial charge in [-0.05, 0) is 25.1 Å². The second kappa shape index (κ2) is 7.28. The second-order valence-electron chi connectivity index (χ2n) is 4.49. The molecule has 5 heteroatoms. The number of carbonyl (C=O) groups is 1. The van der Waals surface area contributed by atoms with Gasteiger partial charge in [-0.1, -0.05) is 18.2 Å². The fourth-order valence-electron chi connectivity index (χ4n) is 1.97.